The highest BCUT2D eigenvalue weighted by Crippen LogP contribution is 2.25. The molecule has 0 aliphatic rings. The van der Waals surface area contributed by atoms with Gasteiger partial charge in [0, 0.05) is 0 Å². The average Bonchev–Trinajstić information content (AvgIpc) is 3.38. The first-order chi connectivity index (χ1) is 13.6. The second-order valence-electron chi connectivity index (χ2n) is 5.96. The van der Waals surface area contributed by atoms with E-state index < -0.39 is 5.91 Å². The van der Waals surface area contributed by atoms with Crippen LogP contribution in [0.4, 0.5) is 5.69 Å². The van der Waals surface area contributed by atoms with Gasteiger partial charge in [0.15, 0.2) is 5.69 Å². The third-order valence-corrected chi connectivity index (χ3v) is 3.97. The number of rotatable bonds is 5. The van der Waals surface area contributed by atoms with Crippen LogP contribution in [0.5, 0.6) is 5.75 Å². The van der Waals surface area contributed by atoms with Crippen LogP contribution in [0.3, 0.4) is 0 Å². The average molecular weight is 376 g/mol. The highest BCUT2D eigenvalue weighted by molar-refractivity contribution is 6.02. The number of amides is 1. The molecule has 0 aliphatic heterocycles. The van der Waals surface area contributed by atoms with Crippen LogP contribution >= 0.6 is 0 Å². The van der Waals surface area contributed by atoms with Gasteiger partial charge in [0.25, 0.3) is 0 Å². The van der Waals surface area contributed by atoms with Gasteiger partial charge in [-0.2, -0.15) is 4.98 Å². The van der Waals surface area contributed by atoms with E-state index in [9.17, 15) is 4.79 Å². The number of para-hydroxylation sites is 1. The quantitative estimate of drug-likeness (QED) is 0.570. The van der Waals surface area contributed by atoms with E-state index >= 15 is 0 Å². The number of carbonyl (C=O) groups excluding carboxylic acids is 1. The SMILES string of the molecule is COc1ccc(C)cc1NC(=O)c1nc(-c2cn(-c3ccccc3)nn2)no1. The van der Waals surface area contributed by atoms with Gasteiger partial charge in [0.1, 0.15) is 5.75 Å². The van der Waals surface area contributed by atoms with Gasteiger partial charge in [-0.15, -0.1) is 5.10 Å². The van der Waals surface area contributed by atoms with Crippen molar-refractivity contribution in [1.82, 2.24) is 25.1 Å². The molecule has 1 amide bonds. The Morgan fingerprint density at radius 2 is 2.00 bits per heavy atom. The van der Waals surface area contributed by atoms with E-state index in [2.05, 4.69) is 25.8 Å². The van der Waals surface area contributed by atoms with E-state index in [1.807, 2.05) is 43.3 Å². The summed E-state index contributed by atoms with van der Waals surface area (Å²) in [7, 11) is 1.53. The Morgan fingerprint density at radius 1 is 1.18 bits per heavy atom. The van der Waals surface area contributed by atoms with Crippen LogP contribution in [0.1, 0.15) is 16.2 Å². The van der Waals surface area contributed by atoms with Gasteiger partial charge in [-0.3, -0.25) is 4.79 Å². The molecule has 0 bridgehead atoms. The molecule has 2 heterocycles. The normalized spacial score (nSPS) is 10.6. The van der Waals surface area contributed by atoms with E-state index in [1.165, 1.54) is 7.11 Å². The van der Waals surface area contributed by atoms with Crippen molar-refractivity contribution in [3.8, 4) is 23.0 Å². The van der Waals surface area contributed by atoms with Crippen LogP contribution in [-0.4, -0.2) is 38.2 Å². The highest BCUT2D eigenvalue weighted by atomic mass is 16.5. The molecule has 9 nitrogen and oxygen atoms in total. The summed E-state index contributed by atoms with van der Waals surface area (Å²) in [6, 6.07) is 14.9. The molecule has 0 atom stereocenters. The molecule has 0 aliphatic carbocycles. The Kier molecular flexibility index (Phi) is 4.55. The van der Waals surface area contributed by atoms with Crippen molar-refractivity contribution in [3.63, 3.8) is 0 Å². The summed E-state index contributed by atoms with van der Waals surface area (Å²) in [4.78, 5) is 16.6. The molecule has 9 heteroatoms. The summed E-state index contributed by atoms with van der Waals surface area (Å²) in [5.74, 6) is -0.0287. The molecular weight excluding hydrogens is 360 g/mol. The first kappa shape index (κ1) is 17.4. The number of nitrogens with zero attached hydrogens (tertiary/aromatic N) is 5. The van der Waals surface area contributed by atoms with Gasteiger partial charge in [0.05, 0.1) is 24.7 Å². The minimum atomic E-state index is -0.543. The van der Waals surface area contributed by atoms with E-state index in [0.29, 0.717) is 17.1 Å². The Hall–Kier alpha value is -4.01. The van der Waals surface area contributed by atoms with Crippen LogP contribution in [0.25, 0.3) is 17.2 Å². The van der Waals surface area contributed by atoms with Crippen molar-refractivity contribution in [1.29, 1.82) is 0 Å². The van der Waals surface area contributed by atoms with Crippen molar-refractivity contribution in [2.75, 3.05) is 12.4 Å². The number of aromatic nitrogens is 5. The molecule has 4 rings (SSSR count). The molecule has 0 unspecified atom stereocenters. The van der Waals surface area contributed by atoms with E-state index in [-0.39, 0.29) is 11.7 Å². The third kappa shape index (κ3) is 3.45. The first-order valence-electron chi connectivity index (χ1n) is 8.42. The zero-order chi connectivity index (χ0) is 19.5. The lowest BCUT2D eigenvalue weighted by atomic mass is 10.2. The zero-order valence-electron chi connectivity index (χ0n) is 15.2. The molecular formula is C19H16N6O3. The van der Waals surface area contributed by atoms with Crippen LogP contribution in [0.2, 0.25) is 0 Å². The monoisotopic (exact) mass is 376 g/mol. The molecule has 0 saturated heterocycles. The minimum absolute atomic E-state index is 0.170. The molecule has 140 valence electrons. The van der Waals surface area contributed by atoms with Crippen LogP contribution in [0, 0.1) is 6.92 Å². The maximum Gasteiger partial charge on any atom is 0.316 e. The van der Waals surface area contributed by atoms with Crippen molar-refractivity contribution in [3.05, 3.63) is 66.2 Å². The standard InChI is InChI=1S/C19H16N6O3/c1-12-8-9-16(27-2)14(10-12)20-18(26)19-21-17(23-28-19)15-11-25(24-22-15)13-6-4-3-5-7-13/h3-11H,1-2H3,(H,20,26). The number of carbonyl (C=O) groups is 1. The molecule has 4 aromatic rings. The van der Waals surface area contributed by atoms with Gasteiger partial charge in [-0.1, -0.05) is 34.6 Å². The number of hydrogen-bond donors (Lipinski definition) is 1. The molecule has 0 saturated carbocycles. The van der Waals surface area contributed by atoms with Crippen molar-refractivity contribution >= 4 is 11.6 Å². The van der Waals surface area contributed by atoms with Crippen LogP contribution in [-0.2, 0) is 0 Å². The summed E-state index contributed by atoms with van der Waals surface area (Å²) in [6.45, 7) is 1.91. The lowest BCUT2D eigenvalue weighted by molar-refractivity contribution is 0.0981. The number of aryl methyl sites for hydroxylation is 1. The largest absolute Gasteiger partial charge is 0.495 e. The van der Waals surface area contributed by atoms with Crippen LogP contribution in [0.15, 0.2) is 59.3 Å². The summed E-state index contributed by atoms with van der Waals surface area (Å²) in [6.07, 6.45) is 1.66. The third-order valence-electron chi connectivity index (χ3n) is 3.97. The molecule has 28 heavy (non-hydrogen) atoms. The fourth-order valence-corrected chi connectivity index (χ4v) is 2.59. The zero-order valence-corrected chi connectivity index (χ0v) is 15.2. The molecule has 0 fully saturated rings. The number of methoxy groups -OCH3 is 1. The van der Waals surface area contributed by atoms with Gasteiger partial charge in [-0.25, -0.2) is 4.68 Å². The fraction of sp³-hybridized carbons (Fsp3) is 0.105. The fourth-order valence-electron chi connectivity index (χ4n) is 2.59. The molecule has 0 radical (unpaired) electrons. The number of nitrogens with one attached hydrogen (secondary N) is 1. The van der Waals surface area contributed by atoms with Crippen LogP contribution < -0.4 is 10.1 Å². The van der Waals surface area contributed by atoms with Gasteiger partial charge in [0.2, 0.25) is 5.82 Å². The lowest BCUT2D eigenvalue weighted by Gasteiger charge is -2.09. The Bertz CT molecular complexity index is 1120. The first-order valence-corrected chi connectivity index (χ1v) is 8.42. The summed E-state index contributed by atoms with van der Waals surface area (Å²) in [5.41, 5.74) is 2.72. The van der Waals surface area contributed by atoms with Gasteiger partial charge in [-0.05, 0) is 36.8 Å². The second kappa shape index (κ2) is 7.31. The molecule has 1 N–H and O–H groups in total. The number of hydrogen-bond acceptors (Lipinski definition) is 7. The second-order valence-corrected chi connectivity index (χ2v) is 5.96. The lowest BCUT2D eigenvalue weighted by Crippen LogP contribution is -2.13. The van der Waals surface area contributed by atoms with E-state index in [0.717, 1.165) is 11.3 Å². The molecule has 2 aromatic carbocycles. The number of ether oxygens (including phenoxy) is 1. The highest BCUT2D eigenvalue weighted by Gasteiger charge is 2.19. The van der Waals surface area contributed by atoms with Crippen molar-refractivity contribution in [2.45, 2.75) is 6.92 Å². The minimum Gasteiger partial charge on any atom is -0.495 e. The number of benzene rings is 2. The maximum atomic E-state index is 12.5. The topological polar surface area (TPSA) is 108 Å². The number of anilines is 1. The van der Waals surface area contributed by atoms with Crippen molar-refractivity contribution in [2.24, 2.45) is 0 Å². The Labute approximate surface area is 160 Å². The Morgan fingerprint density at radius 3 is 2.79 bits per heavy atom. The molecule has 2 aromatic heterocycles. The van der Waals surface area contributed by atoms with E-state index in [1.54, 1.807) is 23.0 Å². The Balaban J connectivity index is 1.54. The molecule has 0 spiro atoms. The predicted molar refractivity (Wildman–Crippen MR) is 100 cm³/mol. The summed E-state index contributed by atoms with van der Waals surface area (Å²) in [5, 5.41) is 14.6. The summed E-state index contributed by atoms with van der Waals surface area (Å²) >= 11 is 0. The summed E-state index contributed by atoms with van der Waals surface area (Å²) < 4.78 is 11.9. The van der Waals surface area contributed by atoms with Gasteiger partial charge < -0.3 is 14.6 Å². The smallest absolute Gasteiger partial charge is 0.316 e. The predicted octanol–water partition coefficient (Wildman–Crippen LogP) is 2.89. The maximum absolute atomic E-state index is 12.5. The van der Waals surface area contributed by atoms with Crippen molar-refractivity contribution < 1.29 is 14.1 Å². The van der Waals surface area contributed by atoms with E-state index in [4.69, 9.17) is 9.26 Å². The van der Waals surface area contributed by atoms with Gasteiger partial charge >= 0.3 is 11.8 Å².